The molecular weight excluding hydrogens is 668 g/mol. The zero-order valence-electron chi connectivity index (χ0n) is 22.9. The molecule has 3 amide bonds. The van der Waals surface area contributed by atoms with Gasteiger partial charge in [0.05, 0.1) is 13.2 Å². The number of halogens is 3. The van der Waals surface area contributed by atoms with Gasteiger partial charge in [-0.1, -0.05) is 16.9 Å². The summed E-state index contributed by atoms with van der Waals surface area (Å²) >= 11 is 2.98. The summed E-state index contributed by atoms with van der Waals surface area (Å²) in [6.07, 6.45) is -2.32. The lowest BCUT2D eigenvalue weighted by Gasteiger charge is -2.49. The average Bonchev–Trinajstić information content (AvgIpc) is 3.77. The minimum atomic E-state index is -5.15. The van der Waals surface area contributed by atoms with Gasteiger partial charge in [-0.2, -0.15) is 13.2 Å². The largest absolute Gasteiger partial charge is 0.477 e. The fraction of sp³-hybridized carbons (Fsp3) is 0.522. The maximum Gasteiger partial charge on any atom is 0.471 e. The van der Waals surface area contributed by atoms with Crippen LogP contribution in [-0.2, 0) is 30.6 Å². The van der Waals surface area contributed by atoms with Crippen LogP contribution in [0.5, 0.6) is 0 Å². The molecule has 0 aromatic carbocycles. The molecule has 22 heteroatoms. The Morgan fingerprint density at radius 2 is 2.00 bits per heavy atom. The minimum Gasteiger partial charge on any atom is -0.477 e. The van der Waals surface area contributed by atoms with E-state index in [9.17, 15) is 37.5 Å². The normalized spacial score (nSPS) is 20.6. The third-order valence-electron chi connectivity index (χ3n) is 6.76. The number of β-lactam (4-membered cyclic amide) rings is 1. The molecular formula is C23H24F3N9O7S3. The first-order valence-corrected chi connectivity index (χ1v) is 16.2. The zero-order chi connectivity index (χ0) is 32.3. The maximum absolute atomic E-state index is 13.4. The van der Waals surface area contributed by atoms with Crippen molar-refractivity contribution in [3.63, 3.8) is 0 Å². The molecule has 2 atom stereocenters. The van der Waals surface area contributed by atoms with E-state index in [0.717, 1.165) is 29.5 Å². The Balaban J connectivity index is 1.31. The summed E-state index contributed by atoms with van der Waals surface area (Å²) in [5.41, 5.74) is -0.425. The van der Waals surface area contributed by atoms with E-state index in [1.165, 1.54) is 21.8 Å². The predicted octanol–water partition coefficient (Wildman–Crippen LogP) is 0.817. The van der Waals surface area contributed by atoms with Crippen LogP contribution >= 0.6 is 34.9 Å². The summed E-state index contributed by atoms with van der Waals surface area (Å²) in [5.74, 6) is -4.86. The van der Waals surface area contributed by atoms with Gasteiger partial charge in [-0.05, 0) is 41.7 Å². The molecule has 45 heavy (non-hydrogen) atoms. The van der Waals surface area contributed by atoms with Gasteiger partial charge in [-0.3, -0.25) is 24.6 Å². The Hall–Kier alpha value is -3.76. The summed E-state index contributed by atoms with van der Waals surface area (Å²) in [7, 11) is 0. The Morgan fingerprint density at radius 3 is 2.69 bits per heavy atom. The van der Waals surface area contributed by atoms with Crippen molar-refractivity contribution >= 4 is 69.4 Å². The van der Waals surface area contributed by atoms with Gasteiger partial charge in [0.25, 0.3) is 11.8 Å². The Bertz CT molecular complexity index is 1540. The van der Waals surface area contributed by atoms with Crippen molar-refractivity contribution in [1.82, 2.24) is 35.4 Å². The van der Waals surface area contributed by atoms with Crippen molar-refractivity contribution in [2.75, 3.05) is 23.4 Å². The Labute approximate surface area is 263 Å². The highest BCUT2D eigenvalue weighted by atomic mass is 32.2. The number of aromatic nitrogens is 5. The number of tetrazole rings is 1. The molecule has 2 fully saturated rings. The van der Waals surface area contributed by atoms with Gasteiger partial charge in [0.2, 0.25) is 5.16 Å². The van der Waals surface area contributed by atoms with Crippen molar-refractivity contribution < 1.29 is 47.4 Å². The Morgan fingerprint density at radius 1 is 1.24 bits per heavy atom. The number of nitrogens with one attached hydrogen (secondary N) is 2. The number of carbonyl (C=O) groups is 4. The van der Waals surface area contributed by atoms with E-state index in [2.05, 4.69) is 31.0 Å². The smallest absolute Gasteiger partial charge is 0.471 e. The molecule has 2 aliphatic heterocycles. The van der Waals surface area contributed by atoms with Crippen LogP contribution in [0.15, 0.2) is 27.0 Å². The standard InChI is InChI=1S/C23H24F3N9O7S3/c24-23(25,26)20(41)29-21-27-12(9-44-21)13(31-42-11-3-1-2-4-11)16(37)28-14-17(38)35-15(19(39)40)10(7-43-18(14)35)8-45-22-30-32-33-34(22)5-6-36/h9,11,14,18,36H,1-8H2,(H,28,37)(H,39,40)(H,27,29,41)/b31-13+/t14?,18-/m1/s1. The first-order valence-electron chi connectivity index (χ1n) is 13.3. The lowest BCUT2D eigenvalue weighted by Crippen LogP contribution is -2.71. The number of aliphatic hydroxyl groups excluding tert-OH is 1. The molecule has 2 aromatic rings. The number of aliphatic carboxylic acids is 1. The Kier molecular flexibility index (Phi) is 9.94. The number of carboxylic acid groups (broad SMARTS) is 1. The first kappa shape index (κ1) is 32.6. The molecule has 1 saturated heterocycles. The molecule has 1 unspecified atom stereocenters. The van der Waals surface area contributed by atoms with Crippen molar-refractivity contribution in [3.8, 4) is 0 Å². The third kappa shape index (κ3) is 7.23. The molecule has 4 heterocycles. The summed E-state index contributed by atoms with van der Waals surface area (Å²) < 4.78 is 39.4. The topological polar surface area (TPSA) is 214 Å². The molecule has 2 aromatic heterocycles. The fourth-order valence-corrected chi connectivity index (χ4v) is 7.70. The van der Waals surface area contributed by atoms with E-state index in [1.54, 1.807) is 5.32 Å². The van der Waals surface area contributed by atoms with Crippen molar-refractivity contribution in [3.05, 3.63) is 22.3 Å². The van der Waals surface area contributed by atoms with Crippen LogP contribution < -0.4 is 10.6 Å². The molecule has 16 nitrogen and oxygen atoms in total. The van der Waals surface area contributed by atoms with E-state index in [-0.39, 0.29) is 42.2 Å². The van der Waals surface area contributed by atoms with E-state index < -0.39 is 52.1 Å². The van der Waals surface area contributed by atoms with E-state index in [0.29, 0.717) is 34.9 Å². The van der Waals surface area contributed by atoms with Crippen LogP contribution in [0.1, 0.15) is 31.4 Å². The van der Waals surface area contributed by atoms with Gasteiger partial charge in [-0.25, -0.2) is 14.5 Å². The highest BCUT2D eigenvalue weighted by Gasteiger charge is 2.54. The fourth-order valence-electron chi connectivity index (χ4n) is 4.62. The second kappa shape index (κ2) is 13.7. The zero-order valence-corrected chi connectivity index (χ0v) is 25.3. The number of hydrogen-bond donors (Lipinski definition) is 4. The number of rotatable bonds is 12. The van der Waals surface area contributed by atoms with E-state index >= 15 is 0 Å². The SMILES string of the molecule is O=C(O)C1=C(CSc2nnnn2CCO)CS[C@@H]2C(NC(=O)/C(=N/OC3CCCC3)c3csc(NC(=O)C(F)(F)F)n3)C(=O)N12. The van der Waals surface area contributed by atoms with Crippen LogP contribution in [0.25, 0.3) is 0 Å². The summed E-state index contributed by atoms with van der Waals surface area (Å²) in [6, 6.07) is -1.15. The number of amides is 3. The molecule has 0 radical (unpaired) electrons. The number of carbonyl (C=O) groups excluding carboxylic acids is 3. The summed E-state index contributed by atoms with van der Waals surface area (Å²) in [5, 5.41) is 38.7. The van der Waals surface area contributed by atoms with Crippen LogP contribution in [0, 0.1) is 0 Å². The van der Waals surface area contributed by atoms with Gasteiger partial charge in [0, 0.05) is 16.9 Å². The monoisotopic (exact) mass is 691 g/mol. The number of carboxylic acids is 1. The lowest BCUT2D eigenvalue weighted by atomic mass is 10.0. The van der Waals surface area contributed by atoms with Crippen LogP contribution in [0.2, 0.25) is 0 Å². The third-order valence-corrected chi connectivity index (χ3v) is 9.90. The number of thioether (sulfide) groups is 2. The number of oxime groups is 1. The van der Waals surface area contributed by atoms with Crippen LogP contribution in [-0.4, -0.2) is 112 Å². The molecule has 4 N–H and O–H groups in total. The van der Waals surface area contributed by atoms with Gasteiger partial charge in [0.15, 0.2) is 10.8 Å². The number of hydrogen-bond acceptors (Lipinski definition) is 14. The number of nitrogens with zero attached hydrogens (tertiary/aromatic N) is 7. The quantitative estimate of drug-likeness (QED) is 0.105. The van der Waals surface area contributed by atoms with E-state index in [1.807, 2.05) is 0 Å². The molecule has 5 rings (SSSR count). The van der Waals surface area contributed by atoms with Crippen molar-refractivity contribution in [1.29, 1.82) is 0 Å². The molecule has 0 bridgehead atoms. The van der Waals surface area contributed by atoms with Crippen LogP contribution in [0.4, 0.5) is 18.3 Å². The maximum atomic E-state index is 13.4. The van der Waals surface area contributed by atoms with Gasteiger partial charge < -0.3 is 20.4 Å². The molecule has 242 valence electrons. The summed E-state index contributed by atoms with van der Waals surface area (Å²) in [4.78, 5) is 60.6. The first-order chi connectivity index (χ1) is 21.5. The second-order valence-electron chi connectivity index (χ2n) is 9.76. The molecule has 3 aliphatic rings. The molecule has 1 saturated carbocycles. The number of alkyl halides is 3. The predicted molar refractivity (Wildman–Crippen MR) is 152 cm³/mol. The summed E-state index contributed by atoms with van der Waals surface area (Å²) in [6.45, 7) is -0.0592. The minimum absolute atomic E-state index is 0.139. The van der Waals surface area contributed by atoms with Gasteiger partial charge in [-0.15, -0.1) is 28.2 Å². The number of fused-ring (bicyclic) bond motifs is 1. The number of aliphatic hydroxyl groups is 1. The number of anilines is 1. The van der Waals surface area contributed by atoms with Crippen molar-refractivity contribution in [2.45, 2.75) is 61.1 Å². The second-order valence-corrected chi connectivity index (χ2v) is 12.7. The molecule has 1 aliphatic carbocycles. The molecule has 0 spiro atoms. The average molecular weight is 692 g/mol. The highest BCUT2D eigenvalue weighted by molar-refractivity contribution is 8.01. The number of thiazole rings is 1. The van der Waals surface area contributed by atoms with Crippen LogP contribution in [0.3, 0.4) is 0 Å². The van der Waals surface area contributed by atoms with Gasteiger partial charge in [0.1, 0.15) is 28.9 Å². The van der Waals surface area contributed by atoms with Crippen molar-refractivity contribution in [2.24, 2.45) is 5.16 Å². The van der Waals surface area contributed by atoms with E-state index in [4.69, 9.17) is 9.94 Å². The van der Waals surface area contributed by atoms with Gasteiger partial charge >= 0.3 is 18.1 Å². The highest BCUT2D eigenvalue weighted by Crippen LogP contribution is 2.41. The lowest BCUT2D eigenvalue weighted by molar-refractivity contribution is -0.167.